The second-order valence-electron chi connectivity index (χ2n) is 5.27. The van der Waals surface area contributed by atoms with Gasteiger partial charge in [0.25, 0.3) is 5.91 Å². The molecule has 1 saturated heterocycles. The summed E-state index contributed by atoms with van der Waals surface area (Å²) >= 11 is 0. The predicted molar refractivity (Wildman–Crippen MR) is 75.1 cm³/mol. The SMILES string of the molecule is Cn1cc(C(=O)NCCCN2CCCCCC2)cn1. The molecule has 0 bridgehead atoms. The highest BCUT2D eigenvalue weighted by molar-refractivity contribution is 5.93. The molecule has 0 atom stereocenters. The van der Waals surface area contributed by atoms with Gasteiger partial charge in [0, 0.05) is 19.8 Å². The minimum Gasteiger partial charge on any atom is -0.352 e. The van der Waals surface area contributed by atoms with Gasteiger partial charge < -0.3 is 10.2 Å². The van der Waals surface area contributed by atoms with Crippen molar-refractivity contribution in [2.45, 2.75) is 32.1 Å². The summed E-state index contributed by atoms with van der Waals surface area (Å²) in [7, 11) is 1.82. The fourth-order valence-corrected chi connectivity index (χ4v) is 2.50. The zero-order chi connectivity index (χ0) is 13.5. The van der Waals surface area contributed by atoms with Crippen LogP contribution in [0, 0.1) is 0 Å². The maximum absolute atomic E-state index is 11.8. The Hall–Kier alpha value is -1.36. The van der Waals surface area contributed by atoms with Crippen LogP contribution >= 0.6 is 0 Å². The van der Waals surface area contributed by atoms with Gasteiger partial charge >= 0.3 is 0 Å². The van der Waals surface area contributed by atoms with Crippen molar-refractivity contribution in [1.29, 1.82) is 0 Å². The Morgan fingerprint density at radius 1 is 1.32 bits per heavy atom. The van der Waals surface area contributed by atoms with E-state index in [2.05, 4.69) is 15.3 Å². The normalized spacial score (nSPS) is 17.1. The Kier molecular flexibility index (Phi) is 5.39. The third-order valence-electron chi connectivity index (χ3n) is 3.60. The minimum atomic E-state index is -0.0241. The van der Waals surface area contributed by atoms with Crippen molar-refractivity contribution in [3.63, 3.8) is 0 Å². The minimum absolute atomic E-state index is 0.0241. The quantitative estimate of drug-likeness (QED) is 0.818. The van der Waals surface area contributed by atoms with Gasteiger partial charge in [0.2, 0.25) is 0 Å². The Balaban J connectivity index is 1.62. The van der Waals surface area contributed by atoms with Crippen molar-refractivity contribution in [2.75, 3.05) is 26.2 Å². The number of likely N-dealkylation sites (tertiary alicyclic amines) is 1. The second kappa shape index (κ2) is 7.28. The van der Waals surface area contributed by atoms with Gasteiger partial charge in [0.05, 0.1) is 11.8 Å². The largest absolute Gasteiger partial charge is 0.352 e. The van der Waals surface area contributed by atoms with Crippen LogP contribution in [0.4, 0.5) is 0 Å². The molecule has 0 aromatic carbocycles. The average molecular weight is 264 g/mol. The smallest absolute Gasteiger partial charge is 0.254 e. The molecule has 5 nitrogen and oxygen atoms in total. The fraction of sp³-hybridized carbons (Fsp3) is 0.714. The van der Waals surface area contributed by atoms with Crippen LogP contribution in [0.3, 0.4) is 0 Å². The first-order valence-corrected chi connectivity index (χ1v) is 7.25. The first-order chi connectivity index (χ1) is 9.25. The maximum Gasteiger partial charge on any atom is 0.254 e. The molecule has 5 heteroatoms. The van der Waals surface area contributed by atoms with Gasteiger partial charge in [-0.15, -0.1) is 0 Å². The van der Waals surface area contributed by atoms with E-state index in [9.17, 15) is 4.79 Å². The van der Waals surface area contributed by atoms with Gasteiger partial charge in [-0.2, -0.15) is 5.10 Å². The van der Waals surface area contributed by atoms with Crippen molar-refractivity contribution < 1.29 is 4.79 Å². The molecule has 2 heterocycles. The van der Waals surface area contributed by atoms with E-state index in [0.717, 1.165) is 19.5 Å². The fourth-order valence-electron chi connectivity index (χ4n) is 2.50. The highest BCUT2D eigenvalue weighted by atomic mass is 16.1. The Labute approximate surface area is 115 Å². The summed E-state index contributed by atoms with van der Waals surface area (Å²) in [6, 6.07) is 0. The third kappa shape index (κ3) is 4.67. The summed E-state index contributed by atoms with van der Waals surface area (Å²) in [4.78, 5) is 14.3. The van der Waals surface area contributed by atoms with Crippen LogP contribution in [-0.2, 0) is 7.05 Å². The lowest BCUT2D eigenvalue weighted by Crippen LogP contribution is -2.30. The highest BCUT2D eigenvalue weighted by Crippen LogP contribution is 2.09. The summed E-state index contributed by atoms with van der Waals surface area (Å²) in [6.07, 6.45) is 9.74. The van der Waals surface area contributed by atoms with Gasteiger partial charge in [0.1, 0.15) is 0 Å². The van der Waals surface area contributed by atoms with E-state index in [4.69, 9.17) is 0 Å². The summed E-state index contributed by atoms with van der Waals surface area (Å²) in [5, 5.41) is 6.95. The number of hydrogen-bond donors (Lipinski definition) is 1. The van der Waals surface area contributed by atoms with Crippen LogP contribution < -0.4 is 5.32 Å². The lowest BCUT2D eigenvalue weighted by Gasteiger charge is -2.19. The molecule has 0 radical (unpaired) electrons. The number of carbonyl (C=O) groups excluding carboxylic acids is 1. The van der Waals surface area contributed by atoms with Crippen LogP contribution in [0.25, 0.3) is 0 Å². The van der Waals surface area contributed by atoms with Gasteiger partial charge in [-0.1, -0.05) is 12.8 Å². The Bertz CT molecular complexity index is 394. The first-order valence-electron chi connectivity index (χ1n) is 7.25. The molecule has 19 heavy (non-hydrogen) atoms. The number of rotatable bonds is 5. The lowest BCUT2D eigenvalue weighted by atomic mass is 10.2. The molecule has 1 aliphatic heterocycles. The monoisotopic (exact) mass is 264 g/mol. The molecule has 1 aromatic heterocycles. The number of carbonyl (C=O) groups is 1. The second-order valence-corrected chi connectivity index (χ2v) is 5.27. The number of aryl methyl sites for hydroxylation is 1. The van der Waals surface area contributed by atoms with Crippen molar-refractivity contribution in [2.24, 2.45) is 7.05 Å². The summed E-state index contributed by atoms with van der Waals surface area (Å²) < 4.78 is 1.64. The average Bonchev–Trinajstić information content (AvgIpc) is 2.68. The zero-order valence-corrected chi connectivity index (χ0v) is 11.8. The van der Waals surface area contributed by atoms with E-state index in [0.29, 0.717) is 5.56 Å². The molecule has 0 unspecified atom stereocenters. The van der Waals surface area contributed by atoms with Crippen LogP contribution in [0.15, 0.2) is 12.4 Å². The standard InChI is InChI=1S/C14H24N4O/c1-17-12-13(11-16-17)14(19)15-7-6-10-18-8-4-2-3-5-9-18/h11-12H,2-10H2,1H3,(H,15,19). The maximum atomic E-state index is 11.8. The van der Waals surface area contributed by atoms with Crippen molar-refractivity contribution in [1.82, 2.24) is 20.0 Å². The van der Waals surface area contributed by atoms with Crippen molar-refractivity contribution in [3.05, 3.63) is 18.0 Å². The van der Waals surface area contributed by atoms with Crippen LogP contribution in [0.1, 0.15) is 42.5 Å². The molecule has 0 spiro atoms. The summed E-state index contributed by atoms with van der Waals surface area (Å²) in [5.74, 6) is -0.0241. The topological polar surface area (TPSA) is 50.2 Å². The lowest BCUT2D eigenvalue weighted by molar-refractivity contribution is 0.0951. The van der Waals surface area contributed by atoms with E-state index in [1.54, 1.807) is 17.1 Å². The number of nitrogens with zero attached hydrogens (tertiary/aromatic N) is 3. The molecule has 1 fully saturated rings. The molecular weight excluding hydrogens is 240 g/mol. The van der Waals surface area contributed by atoms with Gasteiger partial charge in [-0.3, -0.25) is 9.48 Å². The molecule has 1 aliphatic rings. The van der Waals surface area contributed by atoms with E-state index < -0.39 is 0 Å². The number of nitrogens with one attached hydrogen (secondary N) is 1. The van der Waals surface area contributed by atoms with Gasteiger partial charge in [-0.05, 0) is 38.9 Å². The summed E-state index contributed by atoms with van der Waals surface area (Å²) in [6.45, 7) is 4.27. The number of amides is 1. The molecule has 1 N–H and O–H groups in total. The zero-order valence-electron chi connectivity index (χ0n) is 11.8. The number of hydrogen-bond acceptors (Lipinski definition) is 3. The first kappa shape index (κ1) is 14.1. The van der Waals surface area contributed by atoms with Crippen LogP contribution in [-0.4, -0.2) is 46.8 Å². The van der Waals surface area contributed by atoms with Gasteiger partial charge in [0.15, 0.2) is 0 Å². The van der Waals surface area contributed by atoms with E-state index in [1.165, 1.54) is 38.8 Å². The van der Waals surface area contributed by atoms with Crippen LogP contribution in [0.2, 0.25) is 0 Å². The molecule has 1 aromatic rings. The van der Waals surface area contributed by atoms with Crippen molar-refractivity contribution in [3.8, 4) is 0 Å². The number of aromatic nitrogens is 2. The summed E-state index contributed by atoms with van der Waals surface area (Å²) in [5.41, 5.74) is 0.636. The molecule has 106 valence electrons. The Morgan fingerprint density at radius 2 is 2.05 bits per heavy atom. The predicted octanol–water partition coefficient (Wildman–Crippen LogP) is 1.42. The third-order valence-corrected chi connectivity index (χ3v) is 3.60. The van der Waals surface area contributed by atoms with E-state index in [-0.39, 0.29) is 5.91 Å². The molecular formula is C14H24N4O. The molecule has 0 aliphatic carbocycles. The van der Waals surface area contributed by atoms with Crippen molar-refractivity contribution >= 4 is 5.91 Å². The Morgan fingerprint density at radius 3 is 2.68 bits per heavy atom. The van der Waals surface area contributed by atoms with E-state index >= 15 is 0 Å². The molecule has 2 rings (SSSR count). The van der Waals surface area contributed by atoms with Gasteiger partial charge in [-0.25, -0.2) is 0 Å². The highest BCUT2D eigenvalue weighted by Gasteiger charge is 2.09. The molecule has 1 amide bonds. The molecule has 0 saturated carbocycles. The van der Waals surface area contributed by atoms with Crippen LogP contribution in [0.5, 0.6) is 0 Å². The van der Waals surface area contributed by atoms with E-state index in [1.807, 2.05) is 7.05 Å².